The van der Waals surface area contributed by atoms with Gasteiger partial charge in [0.25, 0.3) is 0 Å². The van der Waals surface area contributed by atoms with Crippen LogP contribution in [0.15, 0.2) is 24.3 Å². The molecule has 0 bridgehead atoms. The molecule has 1 aliphatic carbocycles. The van der Waals surface area contributed by atoms with Crippen LogP contribution in [0.1, 0.15) is 24.8 Å². The molecule has 1 saturated carbocycles. The minimum Gasteiger partial charge on any atom is -0.497 e. The molecule has 3 heteroatoms. The number of methoxy groups -OCH3 is 1. The fourth-order valence-corrected chi connectivity index (χ4v) is 3.27. The van der Waals surface area contributed by atoms with Crippen molar-refractivity contribution in [2.24, 2.45) is 11.7 Å². The zero-order valence-corrected chi connectivity index (χ0v) is 11.7. The summed E-state index contributed by atoms with van der Waals surface area (Å²) in [6.07, 6.45) is 5.06. The van der Waals surface area contributed by atoms with Gasteiger partial charge in [-0.25, -0.2) is 0 Å². The van der Waals surface area contributed by atoms with E-state index >= 15 is 0 Å². The standard InChI is InChI=1S/C16H24N2O/c1-19-16-6-2-12(3-7-16)8-13-9-14(17)11-18(10-13)15-4-5-15/h2-3,6-7,13-15H,4-5,8-11,17H2,1H3. The van der Waals surface area contributed by atoms with Crippen LogP contribution in [0.5, 0.6) is 5.75 Å². The van der Waals surface area contributed by atoms with Crippen LogP contribution in [0, 0.1) is 5.92 Å². The molecule has 0 amide bonds. The first-order valence-corrected chi connectivity index (χ1v) is 7.37. The Hall–Kier alpha value is -1.06. The van der Waals surface area contributed by atoms with Crippen LogP contribution < -0.4 is 10.5 Å². The zero-order valence-electron chi connectivity index (χ0n) is 11.7. The number of rotatable bonds is 4. The normalized spacial score (nSPS) is 28.3. The van der Waals surface area contributed by atoms with E-state index in [0.717, 1.165) is 31.2 Å². The van der Waals surface area contributed by atoms with Crippen LogP contribution in [-0.2, 0) is 6.42 Å². The lowest BCUT2D eigenvalue weighted by atomic mass is 9.89. The average molecular weight is 260 g/mol. The van der Waals surface area contributed by atoms with Crippen molar-refractivity contribution in [2.75, 3.05) is 20.2 Å². The van der Waals surface area contributed by atoms with Gasteiger partial charge in [0.2, 0.25) is 0 Å². The van der Waals surface area contributed by atoms with Gasteiger partial charge in [0.15, 0.2) is 0 Å². The number of nitrogens with zero attached hydrogens (tertiary/aromatic N) is 1. The molecule has 0 radical (unpaired) electrons. The van der Waals surface area contributed by atoms with Gasteiger partial charge < -0.3 is 10.5 Å². The van der Waals surface area contributed by atoms with E-state index in [9.17, 15) is 0 Å². The quantitative estimate of drug-likeness (QED) is 0.900. The molecule has 104 valence electrons. The Kier molecular flexibility index (Phi) is 3.76. The number of hydrogen-bond donors (Lipinski definition) is 1. The third-order valence-corrected chi connectivity index (χ3v) is 4.34. The predicted octanol–water partition coefficient (Wildman–Crippen LogP) is 2.05. The highest BCUT2D eigenvalue weighted by atomic mass is 16.5. The topological polar surface area (TPSA) is 38.5 Å². The van der Waals surface area contributed by atoms with E-state index in [1.165, 1.54) is 24.9 Å². The summed E-state index contributed by atoms with van der Waals surface area (Å²) in [6, 6.07) is 9.66. The summed E-state index contributed by atoms with van der Waals surface area (Å²) in [6.45, 7) is 2.33. The van der Waals surface area contributed by atoms with Crippen molar-refractivity contribution in [3.05, 3.63) is 29.8 Å². The van der Waals surface area contributed by atoms with Gasteiger partial charge in [-0.1, -0.05) is 12.1 Å². The second-order valence-corrected chi connectivity index (χ2v) is 6.10. The monoisotopic (exact) mass is 260 g/mol. The molecule has 2 fully saturated rings. The summed E-state index contributed by atoms with van der Waals surface area (Å²) in [5, 5.41) is 0. The van der Waals surface area contributed by atoms with E-state index in [1.807, 2.05) is 0 Å². The number of nitrogens with two attached hydrogens (primary N) is 1. The van der Waals surface area contributed by atoms with Crippen molar-refractivity contribution < 1.29 is 4.74 Å². The molecule has 1 saturated heterocycles. The lowest BCUT2D eigenvalue weighted by Gasteiger charge is -2.36. The predicted molar refractivity (Wildman–Crippen MR) is 77.4 cm³/mol. The van der Waals surface area contributed by atoms with E-state index in [1.54, 1.807) is 7.11 Å². The number of ether oxygens (including phenoxy) is 1. The van der Waals surface area contributed by atoms with Crippen molar-refractivity contribution in [3.63, 3.8) is 0 Å². The molecule has 19 heavy (non-hydrogen) atoms. The Morgan fingerprint density at radius 1 is 1.21 bits per heavy atom. The van der Waals surface area contributed by atoms with Gasteiger partial charge in [-0.2, -0.15) is 0 Å². The van der Waals surface area contributed by atoms with Gasteiger partial charge in [0.05, 0.1) is 7.11 Å². The molecule has 1 heterocycles. The molecule has 1 aromatic carbocycles. The van der Waals surface area contributed by atoms with E-state index in [2.05, 4.69) is 29.2 Å². The fourth-order valence-electron chi connectivity index (χ4n) is 3.27. The van der Waals surface area contributed by atoms with Crippen LogP contribution in [0.2, 0.25) is 0 Å². The zero-order chi connectivity index (χ0) is 13.2. The Bertz CT molecular complexity index is 413. The first-order valence-electron chi connectivity index (χ1n) is 7.37. The maximum atomic E-state index is 6.22. The molecule has 2 atom stereocenters. The van der Waals surface area contributed by atoms with E-state index < -0.39 is 0 Å². The van der Waals surface area contributed by atoms with Crippen molar-refractivity contribution in [2.45, 2.75) is 37.8 Å². The molecule has 2 N–H and O–H groups in total. The molecule has 1 aliphatic heterocycles. The third-order valence-electron chi connectivity index (χ3n) is 4.34. The van der Waals surface area contributed by atoms with Crippen LogP contribution >= 0.6 is 0 Å². The Labute approximate surface area is 115 Å². The number of piperidine rings is 1. The van der Waals surface area contributed by atoms with Gasteiger partial charge in [-0.05, 0) is 49.3 Å². The van der Waals surface area contributed by atoms with Crippen LogP contribution in [0.3, 0.4) is 0 Å². The summed E-state index contributed by atoms with van der Waals surface area (Å²) in [7, 11) is 1.71. The van der Waals surface area contributed by atoms with E-state index in [0.29, 0.717) is 12.0 Å². The highest BCUT2D eigenvalue weighted by Gasteiger charge is 2.34. The van der Waals surface area contributed by atoms with Gasteiger partial charge in [0.1, 0.15) is 5.75 Å². The highest BCUT2D eigenvalue weighted by Crippen LogP contribution is 2.31. The van der Waals surface area contributed by atoms with Crippen molar-refractivity contribution in [1.29, 1.82) is 0 Å². The molecule has 2 unspecified atom stereocenters. The maximum absolute atomic E-state index is 6.22. The largest absolute Gasteiger partial charge is 0.497 e. The Balaban J connectivity index is 1.60. The van der Waals surface area contributed by atoms with Crippen LogP contribution in [0.25, 0.3) is 0 Å². The lowest BCUT2D eigenvalue weighted by molar-refractivity contribution is 0.148. The van der Waals surface area contributed by atoms with Crippen LogP contribution in [-0.4, -0.2) is 37.2 Å². The molecular weight excluding hydrogens is 236 g/mol. The SMILES string of the molecule is COc1ccc(CC2CC(N)CN(C3CC3)C2)cc1. The molecule has 3 nitrogen and oxygen atoms in total. The van der Waals surface area contributed by atoms with Crippen molar-refractivity contribution in [3.8, 4) is 5.75 Å². The first-order chi connectivity index (χ1) is 9.24. The van der Waals surface area contributed by atoms with Crippen molar-refractivity contribution >= 4 is 0 Å². The smallest absolute Gasteiger partial charge is 0.118 e. The molecule has 0 spiro atoms. The summed E-state index contributed by atoms with van der Waals surface area (Å²) < 4.78 is 5.20. The molecule has 3 rings (SSSR count). The summed E-state index contributed by atoms with van der Waals surface area (Å²) in [4.78, 5) is 2.61. The summed E-state index contributed by atoms with van der Waals surface area (Å²) in [5.74, 6) is 1.64. The molecule has 1 aromatic rings. The average Bonchev–Trinajstić information content (AvgIpc) is 3.23. The minimum absolute atomic E-state index is 0.359. The highest BCUT2D eigenvalue weighted by molar-refractivity contribution is 5.27. The van der Waals surface area contributed by atoms with Gasteiger partial charge >= 0.3 is 0 Å². The fraction of sp³-hybridized carbons (Fsp3) is 0.625. The van der Waals surface area contributed by atoms with Gasteiger partial charge in [-0.3, -0.25) is 4.90 Å². The van der Waals surface area contributed by atoms with Crippen molar-refractivity contribution in [1.82, 2.24) is 4.90 Å². The van der Waals surface area contributed by atoms with E-state index in [4.69, 9.17) is 10.5 Å². The number of benzene rings is 1. The molecule has 0 aromatic heterocycles. The second-order valence-electron chi connectivity index (χ2n) is 6.10. The number of likely N-dealkylation sites (tertiary alicyclic amines) is 1. The van der Waals surface area contributed by atoms with Gasteiger partial charge in [0, 0.05) is 25.2 Å². The maximum Gasteiger partial charge on any atom is 0.118 e. The van der Waals surface area contributed by atoms with Gasteiger partial charge in [-0.15, -0.1) is 0 Å². The van der Waals surface area contributed by atoms with Crippen LogP contribution in [0.4, 0.5) is 0 Å². The third kappa shape index (κ3) is 3.28. The number of hydrogen-bond acceptors (Lipinski definition) is 3. The second kappa shape index (κ2) is 5.51. The lowest BCUT2D eigenvalue weighted by Crippen LogP contribution is -2.48. The Morgan fingerprint density at radius 2 is 1.95 bits per heavy atom. The van der Waals surface area contributed by atoms with E-state index in [-0.39, 0.29) is 0 Å². The summed E-state index contributed by atoms with van der Waals surface area (Å²) in [5.41, 5.74) is 7.62. The first kappa shape index (κ1) is 12.9. The molecule has 2 aliphatic rings. The Morgan fingerprint density at radius 3 is 2.58 bits per heavy atom. The molecular formula is C16H24N2O. The minimum atomic E-state index is 0.359. The summed E-state index contributed by atoms with van der Waals surface area (Å²) >= 11 is 0.